The molecule has 4 aromatic rings. The molecule has 0 unspecified atom stereocenters. The highest BCUT2D eigenvalue weighted by atomic mass is 16.2. The zero-order valence-electron chi connectivity index (χ0n) is 19.4. The standard InChI is InChI=1S/C26H29N7O/c1-2-20-6-3-4-7-22(20)30-26(34)32-17-14-31(15-18-32)16-19-33-24(21-9-12-27-13-10-21)29-23-8-5-11-28-25(23)33/h3-13H,2,14-19H2,1H3,(H,30,34). The number of aromatic nitrogens is 4. The van der Waals surface area contributed by atoms with E-state index in [1.807, 2.05) is 53.6 Å². The van der Waals surface area contributed by atoms with Crippen LogP contribution in [0.25, 0.3) is 22.6 Å². The average molecular weight is 456 g/mol. The molecule has 5 rings (SSSR count). The molecule has 174 valence electrons. The van der Waals surface area contributed by atoms with Gasteiger partial charge in [0.1, 0.15) is 11.3 Å². The Kier molecular flexibility index (Phi) is 6.49. The summed E-state index contributed by atoms with van der Waals surface area (Å²) in [6.07, 6.45) is 6.28. The van der Waals surface area contributed by atoms with Gasteiger partial charge in [-0.25, -0.2) is 14.8 Å². The van der Waals surface area contributed by atoms with E-state index in [-0.39, 0.29) is 6.03 Å². The van der Waals surface area contributed by atoms with Crippen molar-refractivity contribution in [3.8, 4) is 11.4 Å². The lowest BCUT2D eigenvalue weighted by Gasteiger charge is -2.35. The van der Waals surface area contributed by atoms with E-state index in [2.05, 4.69) is 37.7 Å². The fraction of sp³-hybridized carbons (Fsp3) is 0.308. The highest BCUT2D eigenvalue weighted by Gasteiger charge is 2.22. The molecule has 8 heteroatoms. The second-order valence-corrected chi connectivity index (χ2v) is 8.44. The van der Waals surface area contributed by atoms with E-state index in [1.165, 1.54) is 0 Å². The smallest absolute Gasteiger partial charge is 0.321 e. The van der Waals surface area contributed by atoms with E-state index in [4.69, 9.17) is 4.98 Å². The molecule has 1 N–H and O–H groups in total. The van der Waals surface area contributed by atoms with Gasteiger partial charge in [-0.2, -0.15) is 0 Å². The number of hydrogen-bond acceptors (Lipinski definition) is 5. The molecular weight excluding hydrogens is 426 g/mol. The summed E-state index contributed by atoms with van der Waals surface area (Å²) >= 11 is 0. The molecule has 0 aliphatic carbocycles. The lowest BCUT2D eigenvalue weighted by Crippen LogP contribution is -2.50. The molecule has 1 saturated heterocycles. The molecule has 0 atom stereocenters. The molecule has 1 fully saturated rings. The number of carbonyl (C=O) groups is 1. The average Bonchev–Trinajstić information content (AvgIpc) is 3.27. The first kappa shape index (κ1) is 22.0. The zero-order chi connectivity index (χ0) is 23.3. The Balaban J connectivity index is 1.22. The number of pyridine rings is 2. The van der Waals surface area contributed by atoms with Crippen molar-refractivity contribution in [1.29, 1.82) is 0 Å². The Labute approximate surface area is 199 Å². The first-order valence-electron chi connectivity index (χ1n) is 11.8. The molecular formula is C26H29N7O. The van der Waals surface area contributed by atoms with E-state index in [1.54, 1.807) is 12.4 Å². The van der Waals surface area contributed by atoms with Crippen LogP contribution in [-0.2, 0) is 13.0 Å². The van der Waals surface area contributed by atoms with Gasteiger partial charge in [0, 0.05) is 69.1 Å². The van der Waals surface area contributed by atoms with E-state index in [9.17, 15) is 4.79 Å². The van der Waals surface area contributed by atoms with Crippen molar-refractivity contribution in [2.45, 2.75) is 19.9 Å². The molecule has 1 aliphatic heterocycles. The summed E-state index contributed by atoms with van der Waals surface area (Å²) in [5.74, 6) is 0.906. The normalized spacial score (nSPS) is 14.4. The fourth-order valence-corrected chi connectivity index (χ4v) is 4.45. The molecule has 0 radical (unpaired) electrons. The summed E-state index contributed by atoms with van der Waals surface area (Å²) in [6.45, 7) is 6.85. The van der Waals surface area contributed by atoms with Crippen LogP contribution in [0.15, 0.2) is 67.1 Å². The summed E-state index contributed by atoms with van der Waals surface area (Å²) in [7, 11) is 0. The quantitative estimate of drug-likeness (QED) is 0.477. The third kappa shape index (κ3) is 4.63. The first-order valence-corrected chi connectivity index (χ1v) is 11.8. The Morgan fingerprint density at radius 2 is 1.74 bits per heavy atom. The fourth-order valence-electron chi connectivity index (χ4n) is 4.45. The predicted molar refractivity (Wildman–Crippen MR) is 134 cm³/mol. The van der Waals surface area contributed by atoms with Crippen LogP contribution in [0.3, 0.4) is 0 Å². The Bertz CT molecular complexity index is 1260. The number of benzene rings is 1. The van der Waals surface area contributed by atoms with Crippen molar-refractivity contribution < 1.29 is 4.79 Å². The van der Waals surface area contributed by atoms with Crippen LogP contribution >= 0.6 is 0 Å². The van der Waals surface area contributed by atoms with E-state index in [0.717, 1.165) is 66.4 Å². The third-order valence-corrected chi connectivity index (χ3v) is 6.38. The third-order valence-electron chi connectivity index (χ3n) is 6.38. The zero-order valence-corrected chi connectivity index (χ0v) is 19.4. The van der Waals surface area contributed by atoms with Gasteiger partial charge >= 0.3 is 6.03 Å². The van der Waals surface area contributed by atoms with Crippen molar-refractivity contribution in [2.75, 3.05) is 38.0 Å². The van der Waals surface area contributed by atoms with Crippen molar-refractivity contribution in [3.63, 3.8) is 0 Å². The van der Waals surface area contributed by atoms with E-state index < -0.39 is 0 Å². The number of fused-ring (bicyclic) bond motifs is 1. The van der Waals surface area contributed by atoms with Gasteiger partial charge in [-0.3, -0.25) is 9.88 Å². The highest BCUT2D eigenvalue weighted by Crippen LogP contribution is 2.23. The molecule has 1 aliphatic rings. The summed E-state index contributed by atoms with van der Waals surface area (Å²) in [5, 5.41) is 3.09. The molecule has 0 bridgehead atoms. The van der Waals surface area contributed by atoms with Gasteiger partial charge in [-0.1, -0.05) is 25.1 Å². The van der Waals surface area contributed by atoms with Gasteiger partial charge in [0.05, 0.1) is 0 Å². The minimum Gasteiger partial charge on any atom is -0.322 e. The Morgan fingerprint density at radius 3 is 2.53 bits per heavy atom. The number of anilines is 1. The number of imidazole rings is 1. The number of hydrogen-bond donors (Lipinski definition) is 1. The van der Waals surface area contributed by atoms with Crippen LogP contribution in [-0.4, -0.2) is 68.1 Å². The minimum absolute atomic E-state index is 0.0228. The van der Waals surface area contributed by atoms with Crippen molar-refractivity contribution in [2.24, 2.45) is 0 Å². The van der Waals surface area contributed by atoms with Gasteiger partial charge in [0.15, 0.2) is 5.65 Å². The lowest BCUT2D eigenvalue weighted by atomic mass is 10.1. The van der Waals surface area contributed by atoms with Crippen LogP contribution in [0.1, 0.15) is 12.5 Å². The minimum atomic E-state index is -0.0228. The molecule has 34 heavy (non-hydrogen) atoms. The molecule has 0 saturated carbocycles. The van der Waals surface area contributed by atoms with Crippen LogP contribution in [0.4, 0.5) is 10.5 Å². The Morgan fingerprint density at radius 1 is 0.941 bits per heavy atom. The van der Waals surface area contributed by atoms with E-state index in [0.29, 0.717) is 13.1 Å². The molecule has 3 aromatic heterocycles. The topological polar surface area (TPSA) is 79.2 Å². The van der Waals surface area contributed by atoms with E-state index >= 15 is 0 Å². The molecule has 2 amide bonds. The number of nitrogens with zero attached hydrogens (tertiary/aromatic N) is 6. The van der Waals surface area contributed by atoms with Gasteiger partial charge in [0.2, 0.25) is 0 Å². The van der Waals surface area contributed by atoms with Gasteiger partial charge in [-0.15, -0.1) is 0 Å². The summed E-state index contributed by atoms with van der Waals surface area (Å²) in [5.41, 5.74) is 4.87. The maximum absolute atomic E-state index is 12.8. The largest absolute Gasteiger partial charge is 0.322 e. The Hall–Kier alpha value is -3.78. The van der Waals surface area contributed by atoms with Gasteiger partial charge in [0.25, 0.3) is 0 Å². The molecule has 0 spiro atoms. The number of rotatable bonds is 6. The summed E-state index contributed by atoms with van der Waals surface area (Å²) in [6, 6.07) is 15.8. The van der Waals surface area contributed by atoms with Gasteiger partial charge < -0.3 is 14.8 Å². The first-order chi connectivity index (χ1) is 16.7. The number of nitrogens with one attached hydrogen (secondary N) is 1. The molecule has 4 heterocycles. The van der Waals surface area contributed by atoms with Crippen LogP contribution in [0, 0.1) is 0 Å². The maximum atomic E-state index is 12.8. The number of carbonyl (C=O) groups excluding carboxylic acids is 1. The number of urea groups is 1. The SMILES string of the molecule is CCc1ccccc1NC(=O)N1CCN(CCn2c(-c3ccncc3)nc3cccnc32)CC1. The monoisotopic (exact) mass is 455 g/mol. The van der Waals surface area contributed by atoms with Crippen LogP contribution in [0.2, 0.25) is 0 Å². The van der Waals surface area contributed by atoms with Crippen molar-refractivity contribution in [3.05, 3.63) is 72.7 Å². The number of piperazine rings is 1. The number of aryl methyl sites for hydroxylation is 1. The van der Waals surface area contributed by atoms with Crippen molar-refractivity contribution in [1.82, 2.24) is 29.3 Å². The highest BCUT2D eigenvalue weighted by molar-refractivity contribution is 5.90. The van der Waals surface area contributed by atoms with Crippen LogP contribution in [0.5, 0.6) is 0 Å². The molecule has 1 aromatic carbocycles. The summed E-state index contributed by atoms with van der Waals surface area (Å²) in [4.78, 5) is 30.7. The van der Waals surface area contributed by atoms with Crippen LogP contribution < -0.4 is 5.32 Å². The second kappa shape index (κ2) is 10.0. The maximum Gasteiger partial charge on any atom is 0.321 e. The van der Waals surface area contributed by atoms with Gasteiger partial charge in [-0.05, 0) is 42.3 Å². The van der Waals surface area contributed by atoms with Crippen molar-refractivity contribution >= 4 is 22.9 Å². The molecule has 8 nitrogen and oxygen atoms in total. The summed E-state index contributed by atoms with van der Waals surface area (Å²) < 4.78 is 2.19. The predicted octanol–water partition coefficient (Wildman–Crippen LogP) is 3.91. The number of amides is 2. The number of para-hydroxylation sites is 1. The lowest BCUT2D eigenvalue weighted by molar-refractivity contribution is 0.145. The second-order valence-electron chi connectivity index (χ2n) is 8.44.